The summed E-state index contributed by atoms with van der Waals surface area (Å²) in [6, 6.07) is 18.0. The molecule has 160 valence electrons. The molecule has 1 unspecified atom stereocenters. The maximum absolute atomic E-state index is 13.5. The molecule has 2 aliphatic rings. The van der Waals surface area contributed by atoms with Crippen LogP contribution in [0.5, 0.6) is 0 Å². The van der Waals surface area contributed by atoms with E-state index in [1.54, 1.807) is 0 Å². The van der Waals surface area contributed by atoms with Gasteiger partial charge in [0, 0.05) is 41.1 Å². The zero-order valence-electron chi connectivity index (χ0n) is 17.1. The lowest BCUT2D eigenvalue weighted by Gasteiger charge is -2.38. The average Bonchev–Trinajstić information content (AvgIpc) is 2.78. The number of ketones is 1. The first-order chi connectivity index (χ1) is 15.5. The molecule has 1 amide bonds. The van der Waals surface area contributed by atoms with E-state index in [0.29, 0.717) is 35.6 Å². The summed E-state index contributed by atoms with van der Waals surface area (Å²) in [6.07, 6.45) is 1.55. The first-order valence-corrected chi connectivity index (χ1v) is 10.8. The van der Waals surface area contributed by atoms with Crippen LogP contribution in [-0.2, 0) is 9.59 Å². The summed E-state index contributed by atoms with van der Waals surface area (Å²) in [4.78, 5) is 39.2. The first kappa shape index (κ1) is 20.4. The minimum Gasteiger partial charge on any atom is -0.294 e. The summed E-state index contributed by atoms with van der Waals surface area (Å²) in [7, 11) is 0. The number of rotatable bonds is 3. The highest BCUT2D eigenvalue weighted by Gasteiger charge is 2.41. The zero-order valence-corrected chi connectivity index (χ0v) is 17.8. The third-order valence-electron chi connectivity index (χ3n) is 6.25. The molecule has 0 bridgehead atoms. The predicted octanol–water partition coefficient (Wildman–Crippen LogP) is 5.93. The lowest BCUT2D eigenvalue weighted by Crippen LogP contribution is -2.40. The number of amides is 1. The Balaban J connectivity index is 1.74. The van der Waals surface area contributed by atoms with Crippen LogP contribution < -0.4 is 4.90 Å². The number of carbonyl (C=O) groups is 2. The summed E-state index contributed by atoms with van der Waals surface area (Å²) >= 11 is 6.14. The monoisotopic (exact) mass is 446 g/mol. The van der Waals surface area contributed by atoms with Crippen molar-refractivity contribution in [3.8, 4) is 0 Å². The second-order valence-electron chi connectivity index (χ2n) is 8.08. The Bertz CT molecular complexity index is 1330. The zero-order chi connectivity index (χ0) is 22.4. The van der Waals surface area contributed by atoms with Gasteiger partial charge < -0.3 is 0 Å². The van der Waals surface area contributed by atoms with Gasteiger partial charge in [0.15, 0.2) is 5.78 Å². The highest BCUT2D eigenvalue weighted by molar-refractivity contribution is 6.31. The smallest absolute Gasteiger partial charge is 0.293 e. The molecule has 3 aromatic rings. The topological polar surface area (TPSA) is 80.5 Å². The van der Waals surface area contributed by atoms with E-state index in [4.69, 9.17) is 11.6 Å². The van der Waals surface area contributed by atoms with E-state index in [1.807, 2.05) is 42.5 Å². The maximum Gasteiger partial charge on any atom is 0.293 e. The first-order valence-electron chi connectivity index (χ1n) is 10.5. The van der Waals surface area contributed by atoms with E-state index in [1.165, 1.54) is 23.1 Å². The predicted molar refractivity (Wildman–Crippen MR) is 123 cm³/mol. The molecular weight excluding hydrogens is 428 g/mol. The van der Waals surface area contributed by atoms with Gasteiger partial charge >= 0.3 is 0 Å². The molecule has 0 aromatic heterocycles. The van der Waals surface area contributed by atoms with Crippen LogP contribution in [0.3, 0.4) is 0 Å². The van der Waals surface area contributed by atoms with Gasteiger partial charge in [-0.1, -0.05) is 54.1 Å². The molecule has 3 aromatic carbocycles. The normalized spacial score (nSPS) is 18.8. The van der Waals surface area contributed by atoms with Crippen LogP contribution in [0.2, 0.25) is 5.02 Å². The van der Waals surface area contributed by atoms with Crippen molar-refractivity contribution in [3.63, 3.8) is 0 Å². The van der Waals surface area contributed by atoms with E-state index in [-0.39, 0.29) is 35.4 Å². The van der Waals surface area contributed by atoms with Gasteiger partial charge in [0.2, 0.25) is 5.91 Å². The van der Waals surface area contributed by atoms with Crippen molar-refractivity contribution in [2.75, 3.05) is 4.90 Å². The maximum atomic E-state index is 13.5. The van der Waals surface area contributed by atoms with Gasteiger partial charge in [0.05, 0.1) is 4.92 Å². The molecule has 0 saturated carbocycles. The van der Waals surface area contributed by atoms with Gasteiger partial charge in [0.25, 0.3) is 5.69 Å². The Morgan fingerprint density at radius 2 is 1.78 bits per heavy atom. The molecule has 5 rings (SSSR count). The summed E-state index contributed by atoms with van der Waals surface area (Å²) < 4.78 is 0. The van der Waals surface area contributed by atoms with Gasteiger partial charge in [0.1, 0.15) is 5.69 Å². The highest BCUT2D eigenvalue weighted by Crippen LogP contribution is 2.46. The fourth-order valence-electron chi connectivity index (χ4n) is 4.92. The summed E-state index contributed by atoms with van der Waals surface area (Å²) in [5.74, 6) is -0.668. The quantitative estimate of drug-likeness (QED) is 0.369. The second-order valence-corrected chi connectivity index (χ2v) is 8.52. The van der Waals surface area contributed by atoms with E-state index in [0.717, 1.165) is 16.3 Å². The van der Waals surface area contributed by atoms with Crippen molar-refractivity contribution in [2.24, 2.45) is 0 Å². The number of anilines is 1. The van der Waals surface area contributed by atoms with Gasteiger partial charge in [-0.25, -0.2) is 0 Å². The van der Waals surface area contributed by atoms with Crippen molar-refractivity contribution in [3.05, 3.63) is 92.6 Å². The third kappa shape index (κ3) is 3.28. The fraction of sp³-hybridized carbons (Fsp3) is 0.200. The van der Waals surface area contributed by atoms with Crippen LogP contribution in [0.4, 0.5) is 11.4 Å². The van der Waals surface area contributed by atoms with E-state index in [2.05, 4.69) is 0 Å². The van der Waals surface area contributed by atoms with Crippen molar-refractivity contribution < 1.29 is 14.5 Å². The third-order valence-corrected chi connectivity index (χ3v) is 6.48. The summed E-state index contributed by atoms with van der Waals surface area (Å²) in [5.41, 5.74) is 1.98. The number of benzene rings is 3. The van der Waals surface area contributed by atoms with E-state index in [9.17, 15) is 19.7 Å². The minimum absolute atomic E-state index is 0.00800. The molecule has 0 spiro atoms. The molecule has 1 atom stereocenters. The molecule has 7 heteroatoms. The van der Waals surface area contributed by atoms with Crippen LogP contribution in [-0.4, -0.2) is 16.6 Å². The summed E-state index contributed by atoms with van der Waals surface area (Å²) in [6.45, 7) is 0. The van der Waals surface area contributed by atoms with Crippen LogP contribution in [0.15, 0.2) is 71.9 Å². The number of hydrogen-bond acceptors (Lipinski definition) is 4. The lowest BCUT2D eigenvalue weighted by atomic mass is 9.76. The largest absolute Gasteiger partial charge is 0.294 e. The van der Waals surface area contributed by atoms with Gasteiger partial charge in [-0.15, -0.1) is 0 Å². The van der Waals surface area contributed by atoms with Crippen LogP contribution in [0, 0.1) is 10.1 Å². The number of fused-ring (bicyclic) bond motifs is 1. The SMILES string of the molecule is O=C1CCCC2=C1C(c1cccc3ccccc13)CC(=O)N2c1cc(Cl)ccc1[N+](=O)[O-]. The highest BCUT2D eigenvalue weighted by atomic mass is 35.5. The number of halogens is 1. The molecule has 6 nitrogen and oxygen atoms in total. The molecule has 32 heavy (non-hydrogen) atoms. The molecule has 1 aliphatic heterocycles. The van der Waals surface area contributed by atoms with Crippen LogP contribution >= 0.6 is 11.6 Å². The standard InChI is InChI=1S/C25H19ClN2O4/c26-16-11-12-20(28(31)32)22(13-16)27-21-9-4-10-23(29)25(21)19(14-24(27)30)18-8-3-6-15-5-1-2-7-17(15)18/h1-3,5-8,11-13,19H,4,9-10,14H2. The number of nitro groups is 1. The van der Waals surface area contributed by atoms with E-state index >= 15 is 0 Å². The lowest BCUT2D eigenvalue weighted by molar-refractivity contribution is -0.384. The molecule has 0 N–H and O–H groups in total. The molecular formula is C25H19ClN2O4. The van der Waals surface area contributed by atoms with Crippen molar-refractivity contribution >= 4 is 45.4 Å². The molecule has 0 fully saturated rings. The second kappa shape index (κ2) is 7.88. The van der Waals surface area contributed by atoms with Crippen molar-refractivity contribution in [1.29, 1.82) is 0 Å². The fourth-order valence-corrected chi connectivity index (χ4v) is 5.09. The molecule has 0 saturated heterocycles. The summed E-state index contributed by atoms with van der Waals surface area (Å²) in [5, 5.41) is 14.0. The molecule has 0 radical (unpaired) electrons. The number of nitro benzene ring substituents is 1. The molecule has 1 aliphatic carbocycles. The number of carbonyl (C=O) groups excluding carboxylic acids is 2. The Morgan fingerprint density at radius 1 is 1.00 bits per heavy atom. The number of hydrogen-bond donors (Lipinski definition) is 0. The van der Waals surface area contributed by atoms with Gasteiger partial charge in [-0.05, 0) is 41.3 Å². The van der Waals surface area contributed by atoms with Gasteiger partial charge in [-0.3, -0.25) is 24.6 Å². The number of allylic oxidation sites excluding steroid dienone is 2. The average molecular weight is 447 g/mol. The van der Waals surface area contributed by atoms with Crippen molar-refractivity contribution in [1.82, 2.24) is 0 Å². The Labute approximate surface area is 189 Å². The van der Waals surface area contributed by atoms with Crippen LogP contribution in [0.1, 0.15) is 37.2 Å². The van der Waals surface area contributed by atoms with Crippen molar-refractivity contribution in [2.45, 2.75) is 31.6 Å². The minimum atomic E-state index is -0.527. The Morgan fingerprint density at radius 3 is 2.59 bits per heavy atom. The van der Waals surface area contributed by atoms with Crippen LogP contribution in [0.25, 0.3) is 10.8 Å². The Kier molecular flexibility index (Phi) is 5.02. The Hall–Kier alpha value is -3.51. The van der Waals surface area contributed by atoms with E-state index < -0.39 is 4.92 Å². The number of nitrogens with zero attached hydrogens (tertiary/aromatic N) is 2. The van der Waals surface area contributed by atoms with Gasteiger partial charge in [-0.2, -0.15) is 0 Å². The number of Topliss-reactive ketones (excluding diaryl/α,β-unsaturated/α-hetero) is 1. The molecule has 1 heterocycles.